The van der Waals surface area contributed by atoms with Gasteiger partial charge in [0.2, 0.25) is 0 Å². The van der Waals surface area contributed by atoms with E-state index >= 15 is 0 Å². The van der Waals surface area contributed by atoms with Gasteiger partial charge in [0.05, 0.1) is 11.1 Å². The molecule has 4 rings (SSSR count). The quantitative estimate of drug-likeness (QED) is 0.656. The minimum atomic E-state index is -0.298. The van der Waals surface area contributed by atoms with Gasteiger partial charge >= 0.3 is 0 Å². The van der Waals surface area contributed by atoms with Crippen molar-refractivity contribution in [1.29, 1.82) is 0 Å². The van der Waals surface area contributed by atoms with Crippen LogP contribution in [0, 0.1) is 6.92 Å². The summed E-state index contributed by atoms with van der Waals surface area (Å²) >= 11 is 0. The zero-order chi connectivity index (χ0) is 22.2. The molecule has 0 bridgehead atoms. The van der Waals surface area contributed by atoms with E-state index in [2.05, 4.69) is 58.0 Å². The van der Waals surface area contributed by atoms with E-state index in [0.717, 1.165) is 61.4 Å². The number of aryl methyl sites for hydroxylation is 1. The number of benzene rings is 1. The van der Waals surface area contributed by atoms with Crippen LogP contribution < -0.4 is 5.56 Å². The second kappa shape index (κ2) is 8.51. The first-order chi connectivity index (χ1) is 14.9. The molecule has 0 spiro atoms. The molecule has 0 saturated carbocycles. The van der Waals surface area contributed by atoms with Gasteiger partial charge in [0.25, 0.3) is 5.56 Å². The van der Waals surface area contributed by atoms with Crippen LogP contribution in [0.2, 0.25) is 0 Å². The van der Waals surface area contributed by atoms with Gasteiger partial charge in [0, 0.05) is 31.7 Å². The average Bonchev–Trinajstić information content (AvgIpc) is 3.26. The molecule has 31 heavy (non-hydrogen) atoms. The minimum absolute atomic E-state index is 0.0754. The molecule has 1 aliphatic rings. The van der Waals surface area contributed by atoms with Crippen molar-refractivity contribution >= 4 is 10.9 Å². The number of H-pyrrole nitrogens is 1. The summed E-state index contributed by atoms with van der Waals surface area (Å²) < 4.78 is 1.91. The molecule has 0 unspecified atom stereocenters. The Morgan fingerprint density at radius 1 is 1.16 bits per heavy atom. The Balaban J connectivity index is 1.87. The lowest BCUT2D eigenvalue weighted by Gasteiger charge is -2.39. The van der Waals surface area contributed by atoms with E-state index in [-0.39, 0.29) is 17.1 Å². The summed E-state index contributed by atoms with van der Waals surface area (Å²) in [5, 5.41) is 13.9. The summed E-state index contributed by atoms with van der Waals surface area (Å²) in [6.45, 7) is 15.3. The van der Waals surface area contributed by atoms with Crippen LogP contribution in [0.4, 0.5) is 0 Å². The van der Waals surface area contributed by atoms with Crippen molar-refractivity contribution in [3.63, 3.8) is 0 Å². The summed E-state index contributed by atoms with van der Waals surface area (Å²) in [6.07, 6.45) is 0.884. The zero-order valence-corrected chi connectivity index (χ0v) is 19.2. The first kappa shape index (κ1) is 21.6. The third-order valence-electron chi connectivity index (χ3n) is 6.81. The molecule has 3 aromatic rings. The van der Waals surface area contributed by atoms with Crippen molar-refractivity contribution in [2.75, 3.05) is 32.7 Å². The zero-order valence-electron chi connectivity index (χ0n) is 19.2. The Labute approximate surface area is 183 Å². The van der Waals surface area contributed by atoms with Crippen molar-refractivity contribution in [2.45, 2.75) is 52.6 Å². The van der Waals surface area contributed by atoms with Gasteiger partial charge in [-0.3, -0.25) is 9.69 Å². The fourth-order valence-corrected chi connectivity index (χ4v) is 4.39. The van der Waals surface area contributed by atoms with Crippen molar-refractivity contribution in [1.82, 2.24) is 35.0 Å². The second-order valence-electron chi connectivity index (χ2n) is 9.08. The van der Waals surface area contributed by atoms with Gasteiger partial charge in [-0.25, -0.2) is 4.68 Å². The third kappa shape index (κ3) is 4.02. The fraction of sp³-hybridized carbons (Fsp3) is 0.565. The number of likely N-dealkylation sites (N-methyl/N-ethyl adjacent to an activating group) is 1. The minimum Gasteiger partial charge on any atom is -0.321 e. The number of nitrogens with zero attached hydrogens (tertiary/aromatic N) is 6. The van der Waals surface area contributed by atoms with Crippen molar-refractivity contribution in [3.05, 3.63) is 51.6 Å². The summed E-state index contributed by atoms with van der Waals surface area (Å²) in [6, 6.07) is 7.82. The number of para-hydroxylation sites is 1. The van der Waals surface area contributed by atoms with Crippen LogP contribution in [0.3, 0.4) is 0 Å². The molecular weight excluding hydrogens is 390 g/mol. The van der Waals surface area contributed by atoms with E-state index < -0.39 is 0 Å². The largest absolute Gasteiger partial charge is 0.321 e. The first-order valence-electron chi connectivity index (χ1n) is 11.2. The summed E-state index contributed by atoms with van der Waals surface area (Å²) in [5.41, 5.74) is 2.33. The van der Waals surface area contributed by atoms with Gasteiger partial charge in [0.1, 0.15) is 6.04 Å². The maximum absolute atomic E-state index is 13.3. The Kier molecular flexibility index (Phi) is 5.94. The highest BCUT2D eigenvalue weighted by Gasteiger charge is 2.35. The number of nitrogens with one attached hydrogen (secondary N) is 1. The van der Waals surface area contributed by atoms with E-state index in [4.69, 9.17) is 0 Å². The van der Waals surface area contributed by atoms with Gasteiger partial charge in [-0.05, 0) is 61.2 Å². The number of fused-ring (bicyclic) bond motifs is 1. The molecule has 2 aromatic heterocycles. The standard InChI is InChI=1S/C23H33N7O/c1-6-23(4,5)30-21(25-26-27-30)20(29-13-11-28(7-2)12-14-29)18-15-17-10-8-9-16(3)19(17)24-22(18)31/h8-10,15,20H,6-7,11-14H2,1-5H3,(H,24,31)/t20-/m0/s1. The lowest BCUT2D eigenvalue weighted by molar-refractivity contribution is 0.105. The molecule has 0 amide bonds. The normalized spacial score (nSPS) is 17.3. The SMILES string of the molecule is CCN1CCN([C@@H](c2cc3cccc(C)c3[nH]c2=O)c2nnnn2C(C)(C)CC)CC1. The molecule has 3 heterocycles. The molecule has 166 valence electrons. The number of piperazine rings is 1. The van der Waals surface area contributed by atoms with Crippen LogP contribution in [0.15, 0.2) is 29.1 Å². The molecule has 1 aliphatic heterocycles. The highest BCUT2D eigenvalue weighted by molar-refractivity contribution is 5.82. The molecule has 0 aliphatic carbocycles. The summed E-state index contributed by atoms with van der Waals surface area (Å²) in [4.78, 5) is 21.3. The number of tetrazole rings is 1. The molecule has 1 atom stereocenters. The Morgan fingerprint density at radius 2 is 1.90 bits per heavy atom. The number of aromatic amines is 1. The van der Waals surface area contributed by atoms with Crippen molar-refractivity contribution in [2.24, 2.45) is 0 Å². The van der Waals surface area contributed by atoms with E-state index in [1.807, 2.05) is 35.9 Å². The number of pyridine rings is 1. The predicted octanol–water partition coefficient (Wildman–Crippen LogP) is 2.70. The molecule has 0 radical (unpaired) electrons. The van der Waals surface area contributed by atoms with Crippen LogP contribution in [-0.4, -0.2) is 67.7 Å². The fourth-order valence-electron chi connectivity index (χ4n) is 4.39. The van der Waals surface area contributed by atoms with Gasteiger partial charge in [0.15, 0.2) is 5.82 Å². The summed E-state index contributed by atoms with van der Waals surface area (Å²) in [5.74, 6) is 0.731. The first-order valence-corrected chi connectivity index (χ1v) is 11.2. The number of hydrogen-bond donors (Lipinski definition) is 1. The van der Waals surface area contributed by atoms with Gasteiger partial charge in [-0.15, -0.1) is 5.10 Å². The maximum Gasteiger partial charge on any atom is 0.253 e. The van der Waals surface area contributed by atoms with Crippen LogP contribution in [-0.2, 0) is 5.54 Å². The molecule has 8 nitrogen and oxygen atoms in total. The molecule has 8 heteroatoms. The smallest absolute Gasteiger partial charge is 0.253 e. The molecule has 1 aromatic carbocycles. The van der Waals surface area contributed by atoms with E-state index in [1.54, 1.807) is 0 Å². The van der Waals surface area contributed by atoms with Crippen LogP contribution in [0.25, 0.3) is 10.9 Å². The number of aromatic nitrogens is 5. The van der Waals surface area contributed by atoms with E-state index in [0.29, 0.717) is 5.56 Å². The highest BCUT2D eigenvalue weighted by atomic mass is 16.1. The predicted molar refractivity (Wildman–Crippen MR) is 122 cm³/mol. The number of rotatable bonds is 6. The molecule has 1 fully saturated rings. The van der Waals surface area contributed by atoms with Gasteiger partial charge < -0.3 is 9.88 Å². The molecular formula is C23H33N7O. The van der Waals surface area contributed by atoms with Crippen LogP contribution >= 0.6 is 0 Å². The highest BCUT2D eigenvalue weighted by Crippen LogP contribution is 2.31. The van der Waals surface area contributed by atoms with E-state index in [9.17, 15) is 4.79 Å². The van der Waals surface area contributed by atoms with Crippen molar-refractivity contribution in [3.8, 4) is 0 Å². The molecule has 1 saturated heterocycles. The second-order valence-corrected chi connectivity index (χ2v) is 9.08. The maximum atomic E-state index is 13.3. The monoisotopic (exact) mass is 423 g/mol. The lowest BCUT2D eigenvalue weighted by atomic mass is 9.98. The summed E-state index contributed by atoms with van der Waals surface area (Å²) in [7, 11) is 0. The molecule has 1 N–H and O–H groups in total. The Hall–Kier alpha value is -2.58. The third-order valence-corrected chi connectivity index (χ3v) is 6.81. The van der Waals surface area contributed by atoms with Crippen molar-refractivity contribution < 1.29 is 0 Å². The van der Waals surface area contributed by atoms with Crippen LogP contribution in [0.5, 0.6) is 0 Å². The topological polar surface area (TPSA) is 82.9 Å². The Morgan fingerprint density at radius 3 is 2.58 bits per heavy atom. The Bertz CT molecular complexity index is 1110. The van der Waals surface area contributed by atoms with E-state index in [1.165, 1.54) is 0 Å². The van der Waals surface area contributed by atoms with Crippen LogP contribution in [0.1, 0.15) is 57.1 Å². The lowest BCUT2D eigenvalue weighted by Crippen LogP contribution is -2.49. The van der Waals surface area contributed by atoms with Gasteiger partial charge in [-0.2, -0.15) is 0 Å². The average molecular weight is 424 g/mol. The van der Waals surface area contributed by atoms with Gasteiger partial charge in [-0.1, -0.05) is 32.0 Å². The number of hydrogen-bond acceptors (Lipinski definition) is 6.